The van der Waals surface area contributed by atoms with Crippen LogP contribution in [0.5, 0.6) is 0 Å². The SMILES string of the molecule is CCC(CC)(CNC(=O)OC(C)(C)C)NC(=O)c1cccc(Cl)c1Cl. The molecule has 1 aromatic rings. The molecule has 0 spiro atoms. The van der Waals surface area contributed by atoms with Gasteiger partial charge in [0.2, 0.25) is 0 Å². The summed E-state index contributed by atoms with van der Waals surface area (Å²) in [4.78, 5) is 24.5. The number of nitrogens with one attached hydrogen (secondary N) is 2. The number of alkyl carbamates (subject to hydrolysis) is 1. The van der Waals surface area contributed by atoms with Gasteiger partial charge in [0, 0.05) is 6.54 Å². The molecule has 0 heterocycles. The summed E-state index contributed by atoms with van der Waals surface area (Å²) in [5.41, 5.74) is -0.889. The maximum absolute atomic E-state index is 12.6. The summed E-state index contributed by atoms with van der Waals surface area (Å²) in [6.45, 7) is 9.52. The highest BCUT2D eigenvalue weighted by atomic mass is 35.5. The Morgan fingerprint density at radius 2 is 1.72 bits per heavy atom. The zero-order chi connectivity index (χ0) is 19.3. The van der Waals surface area contributed by atoms with E-state index < -0.39 is 17.2 Å². The van der Waals surface area contributed by atoms with E-state index in [1.165, 1.54) is 0 Å². The molecule has 2 amide bonds. The molecule has 0 aromatic heterocycles. The van der Waals surface area contributed by atoms with Crippen molar-refractivity contribution in [3.05, 3.63) is 33.8 Å². The minimum absolute atomic E-state index is 0.211. The summed E-state index contributed by atoms with van der Waals surface area (Å²) in [5, 5.41) is 6.24. The Bertz CT molecular complexity index is 623. The van der Waals surface area contributed by atoms with Gasteiger partial charge < -0.3 is 15.4 Å². The Kier molecular flexibility index (Phi) is 7.57. The Balaban J connectivity index is 2.86. The molecule has 1 rings (SSSR count). The van der Waals surface area contributed by atoms with Crippen LogP contribution in [0, 0.1) is 0 Å². The fourth-order valence-corrected chi connectivity index (χ4v) is 2.65. The van der Waals surface area contributed by atoms with Gasteiger partial charge in [0.1, 0.15) is 5.60 Å². The quantitative estimate of drug-likeness (QED) is 0.734. The monoisotopic (exact) mass is 388 g/mol. The van der Waals surface area contributed by atoms with E-state index in [-0.39, 0.29) is 17.5 Å². The fraction of sp³-hybridized carbons (Fsp3) is 0.556. The first-order valence-electron chi connectivity index (χ1n) is 8.27. The highest BCUT2D eigenvalue weighted by molar-refractivity contribution is 6.43. The van der Waals surface area contributed by atoms with E-state index in [1.807, 2.05) is 13.8 Å². The van der Waals surface area contributed by atoms with E-state index in [0.717, 1.165) is 0 Å². The van der Waals surface area contributed by atoms with Crippen molar-refractivity contribution in [2.75, 3.05) is 6.54 Å². The summed E-state index contributed by atoms with van der Waals surface area (Å²) in [6, 6.07) is 4.90. The minimum atomic E-state index is -0.611. The lowest BCUT2D eigenvalue weighted by Gasteiger charge is -2.33. The van der Waals surface area contributed by atoms with Crippen molar-refractivity contribution in [3.8, 4) is 0 Å². The van der Waals surface area contributed by atoms with E-state index in [2.05, 4.69) is 10.6 Å². The number of benzene rings is 1. The first-order chi connectivity index (χ1) is 11.5. The van der Waals surface area contributed by atoms with Crippen LogP contribution >= 0.6 is 23.2 Å². The van der Waals surface area contributed by atoms with Gasteiger partial charge in [-0.3, -0.25) is 4.79 Å². The van der Waals surface area contributed by atoms with Gasteiger partial charge in [-0.25, -0.2) is 4.79 Å². The molecule has 0 aliphatic carbocycles. The van der Waals surface area contributed by atoms with Crippen molar-refractivity contribution in [3.63, 3.8) is 0 Å². The number of carbonyl (C=O) groups excluding carboxylic acids is 2. The van der Waals surface area contributed by atoms with E-state index in [0.29, 0.717) is 23.4 Å². The molecule has 0 aliphatic heterocycles. The standard InChI is InChI=1S/C18H26Cl2N2O3/c1-6-18(7-2,11-21-16(24)25-17(3,4)5)22-15(23)12-9-8-10-13(19)14(12)20/h8-10H,6-7,11H2,1-5H3,(H,21,24)(H,22,23). The third kappa shape index (κ3) is 6.40. The van der Waals surface area contributed by atoms with Gasteiger partial charge in [0.15, 0.2) is 0 Å². The van der Waals surface area contributed by atoms with Crippen LogP contribution in [-0.2, 0) is 4.74 Å². The first-order valence-corrected chi connectivity index (χ1v) is 9.02. The third-order valence-corrected chi connectivity index (χ3v) is 4.72. The van der Waals surface area contributed by atoms with Crippen LogP contribution < -0.4 is 10.6 Å². The smallest absolute Gasteiger partial charge is 0.407 e. The number of hydrogen-bond donors (Lipinski definition) is 2. The first kappa shape index (κ1) is 21.6. The number of carbonyl (C=O) groups is 2. The Morgan fingerprint density at radius 3 is 2.24 bits per heavy atom. The summed E-state index contributed by atoms with van der Waals surface area (Å²) >= 11 is 12.1. The highest BCUT2D eigenvalue weighted by Crippen LogP contribution is 2.26. The lowest BCUT2D eigenvalue weighted by Crippen LogP contribution is -2.55. The van der Waals surface area contributed by atoms with Crippen LogP contribution in [0.1, 0.15) is 57.8 Å². The number of ether oxygens (including phenoxy) is 1. The van der Waals surface area contributed by atoms with Crippen molar-refractivity contribution < 1.29 is 14.3 Å². The maximum atomic E-state index is 12.6. The molecule has 0 atom stereocenters. The molecular formula is C18H26Cl2N2O3. The van der Waals surface area contributed by atoms with Gasteiger partial charge in [0.25, 0.3) is 5.91 Å². The second-order valence-electron chi connectivity index (χ2n) is 6.90. The molecule has 2 N–H and O–H groups in total. The number of amides is 2. The number of halogens is 2. The van der Waals surface area contributed by atoms with Crippen LogP contribution in [0.2, 0.25) is 10.0 Å². The van der Waals surface area contributed by atoms with E-state index in [9.17, 15) is 9.59 Å². The molecule has 0 aliphatic rings. The zero-order valence-corrected chi connectivity index (χ0v) is 16.8. The van der Waals surface area contributed by atoms with Crippen LogP contribution in [0.15, 0.2) is 18.2 Å². The molecule has 0 saturated heterocycles. The molecule has 0 unspecified atom stereocenters. The zero-order valence-electron chi connectivity index (χ0n) is 15.3. The van der Waals surface area contributed by atoms with E-state index in [1.54, 1.807) is 39.0 Å². The topological polar surface area (TPSA) is 67.4 Å². The Morgan fingerprint density at radius 1 is 1.12 bits per heavy atom. The lowest BCUT2D eigenvalue weighted by molar-refractivity contribution is 0.0502. The Hall–Kier alpha value is -1.46. The molecule has 0 radical (unpaired) electrons. The molecule has 25 heavy (non-hydrogen) atoms. The van der Waals surface area contributed by atoms with Crippen LogP contribution in [-0.4, -0.2) is 29.7 Å². The van der Waals surface area contributed by atoms with E-state index >= 15 is 0 Å². The number of rotatable bonds is 6. The normalized spacial score (nSPS) is 11.8. The molecule has 1 aromatic carbocycles. The molecule has 0 fully saturated rings. The summed E-state index contributed by atoms with van der Waals surface area (Å²) in [7, 11) is 0. The van der Waals surface area contributed by atoms with Crippen LogP contribution in [0.4, 0.5) is 4.79 Å². The van der Waals surface area contributed by atoms with E-state index in [4.69, 9.17) is 27.9 Å². The second-order valence-corrected chi connectivity index (χ2v) is 7.68. The molecule has 0 saturated carbocycles. The van der Waals surface area contributed by atoms with Gasteiger partial charge >= 0.3 is 6.09 Å². The van der Waals surface area contributed by atoms with Crippen LogP contribution in [0.25, 0.3) is 0 Å². The van der Waals surface area contributed by atoms with Crippen molar-refractivity contribution in [2.24, 2.45) is 0 Å². The summed E-state index contributed by atoms with van der Waals surface area (Å²) < 4.78 is 5.25. The van der Waals surface area contributed by atoms with Gasteiger partial charge in [-0.15, -0.1) is 0 Å². The highest BCUT2D eigenvalue weighted by Gasteiger charge is 2.30. The van der Waals surface area contributed by atoms with Gasteiger partial charge in [0.05, 0.1) is 21.1 Å². The minimum Gasteiger partial charge on any atom is -0.444 e. The Labute approximate surface area is 159 Å². The fourth-order valence-electron chi connectivity index (χ4n) is 2.26. The number of hydrogen-bond acceptors (Lipinski definition) is 3. The molecule has 7 heteroatoms. The van der Waals surface area contributed by atoms with Gasteiger partial charge in [-0.1, -0.05) is 43.1 Å². The summed E-state index contributed by atoms with van der Waals surface area (Å²) in [5.74, 6) is -0.331. The molecule has 140 valence electrons. The predicted molar refractivity (Wildman–Crippen MR) is 101 cm³/mol. The van der Waals surface area contributed by atoms with Crippen molar-refractivity contribution >= 4 is 35.2 Å². The average molecular weight is 389 g/mol. The largest absolute Gasteiger partial charge is 0.444 e. The summed E-state index contributed by atoms with van der Waals surface area (Å²) in [6.07, 6.45) is 0.737. The predicted octanol–water partition coefficient (Wildman–Crippen LogP) is 4.81. The van der Waals surface area contributed by atoms with Crippen molar-refractivity contribution in [2.45, 2.75) is 58.6 Å². The van der Waals surface area contributed by atoms with Crippen LogP contribution in [0.3, 0.4) is 0 Å². The molecule has 5 nitrogen and oxygen atoms in total. The van der Waals surface area contributed by atoms with Crippen molar-refractivity contribution in [1.82, 2.24) is 10.6 Å². The molecular weight excluding hydrogens is 363 g/mol. The lowest BCUT2D eigenvalue weighted by atomic mass is 9.92. The molecule has 0 bridgehead atoms. The van der Waals surface area contributed by atoms with Crippen molar-refractivity contribution in [1.29, 1.82) is 0 Å². The second kappa shape index (κ2) is 8.77. The maximum Gasteiger partial charge on any atom is 0.407 e. The van der Waals surface area contributed by atoms with Gasteiger partial charge in [-0.2, -0.15) is 0 Å². The van der Waals surface area contributed by atoms with Gasteiger partial charge in [-0.05, 0) is 45.7 Å². The average Bonchev–Trinajstić information content (AvgIpc) is 2.52. The third-order valence-electron chi connectivity index (χ3n) is 3.90.